The fraction of sp³-hybridized carbons (Fsp3) is 0.294. The maximum absolute atomic E-state index is 6.15. The Hall–Kier alpha value is -2.88. The first-order chi connectivity index (χ1) is 20.8. The van der Waals surface area contributed by atoms with E-state index in [1.54, 1.807) is 42.7 Å². The Morgan fingerprint density at radius 2 is 1.00 bits per heavy atom. The van der Waals surface area contributed by atoms with Crippen LogP contribution in [-0.4, -0.2) is 42.7 Å². The Morgan fingerprint density at radius 3 is 1.49 bits per heavy atom. The third-order valence-corrected chi connectivity index (χ3v) is 11.8. The van der Waals surface area contributed by atoms with E-state index in [0.717, 1.165) is 65.3 Å². The number of hydrogen-bond donors (Lipinski definition) is 0. The maximum atomic E-state index is 6.15. The van der Waals surface area contributed by atoms with Crippen LogP contribution in [0.25, 0.3) is 0 Å². The lowest BCUT2D eigenvalue weighted by Gasteiger charge is -2.46. The van der Waals surface area contributed by atoms with Gasteiger partial charge in [0.1, 0.15) is 34.5 Å². The lowest BCUT2D eigenvalue weighted by atomic mass is 9.62. The first-order valence-corrected chi connectivity index (χ1v) is 16.0. The van der Waals surface area contributed by atoms with Crippen molar-refractivity contribution in [3.05, 3.63) is 103 Å². The molecular weight excluding hydrogens is 744 g/mol. The van der Waals surface area contributed by atoms with E-state index >= 15 is 0 Å². The third-order valence-electron chi connectivity index (χ3n) is 8.81. The summed E-state index contributed by atoms with van der Waals surface area (Å²) in [6, 6.07) is 20.5. The number of methoxy groups -OCH3 is 6. The molecule has 0 aromatic heterocycles. The topological polar surface area (TPSA) is 55.4 Å². The van der Waals surface area contributed by atoms with Crippen molar-refractivity contribution in [2.24, 2.45) is 0 Å². The van der Waals surface area contributed by atoms with Crippen LogP contribution < -0.4 is 28.4 Å². The van der Waals surface area contributed by atoms with Gasteiger partial charge in [-0.05, 0) is 78.4 Å². The van der Waals surface area contributed by atoms with E-state index in [2.05, 4.69) is 72.1 Å². The fourth-order valence-corrected chi connectivity index (χ4v) is 10.3. The second-order valence-corrected chi connectivity index (χ2v) is 13.4. The third kappa shape index (κ3) is 4.37. The number of alkyl halides is 1. The van der Waals surface area contributed by atoms with Crippen molar-refractivity contribution >= 4 is 47.8 Å². The highest BCUT2D eigenvalue weighted by atomic mass is 79.9. The summed E-state index contributed by atoms with van der Waals surface area (Å²) in [4.78, 5) is 0. The second-order valence-electron chi connectivity index (χ2n) is 10.5. The molecule has 0 aliphatic heterocycles. The van der Waals surface area contributed by atoms with Crippen molar-refractivity contribution in [1.82, 2.24) is 0 Å². The summed E-state index contributed by atoms with van der Waals surface area (Å²) in [6.07, 6.45) is 0. The number of halogens is 3. The summed E-state index contributed by atoms with van der Waals surface area (Å²) in [6.45, 7) is 0. The Labute approximate surface area is 277 Å². The summed E-state index contributed by atoms with van der Waals surface area (Å²) in [5, 5.41) is 0. The van der Waals surface area contributed by atoms with Crippen LogP contribution >= 0.6 is 47.8 Å². The Kier molecular flexibility index (Phi) is 8.11. The zero-order valence-corrected chi connectivity index (χ0v) is 29.3. The van der Waals surface area contributed by atoms with Crippen LogP contribution in [0, 0.1) is 0 Å². The van der Waals surface area contributed by atoms with E-state index in [1.807, 2.05) is 36.4 Å². The molecule has 2 aliphatic carbocycles. The van der Waals surface area contributed by atoms with Gasteiger partial charge in [0.2, 0.25) is 0 Å². The molecule has 43 heavy (non-hydrogen) atoms. The molecule has 2 aliphatic rings. The minimum Gasteiger partial charge on any atom is -0.497 e. The number of rotatable bonds is 8. The highest BCUT2D eigenvalue weighted by molar-refractivity contribution is 9.11. The molecule has 0 saturated carbocycles. The molecule has 0 heterocycles. The van der Waals surface area contributed by atoms with Crippen molar-refractivity contribution in [2.45, 2.75) is 22.1 Å². The lowest BCUT2D eigenvalue weighted by molar-refractivity contribution is 0.363. The summed E-state index contributed by atoms with van der Waals surface area (Å²) in [5.41, 5.74) is 6.52. The number of ether oxygens (including phenoxy) is 6. The van der Waals surface area contributed by atoms with Gasteiger partial charge in [-0.2, -0.15) is 0 Å². The van der Waals surface area contributed by atoms with Gasteiger partial charge in [0.15, 0.2) is 0 Å². The quantitative estimate of drug-likeness (QED) is 0.167. The van der Waals surface area contributed by atoms with Gasteiger partial charge in [0.25, 0.3) is 0 Å². The molecule has 9 heteroatoms. The molecule has 0 radical (unpaired) electrons. The van der Waals surface area contributed by atoms with Gasteiger partial charge >= 0.3 is 0 Å². The van der Waals surface area contributed by atoms with E-state index in [1.165, 1.54) is 0 Å². The van der Waals surface area contributed by atoms with Crippen LogP contribution in [0.4, 0.5) is 0 Å². The Balaban J connectivity index is 1.82. The largest absolute Gasteiger partial charge is 0.497 e. The second kappa shape index (κ2) is 11.6. The normalized spacial score (nSPS) is 21.5. The number of hydrogen-bond acceptors (Lipinski definition) is 6. The van der Waals surface area contributed by atoms with Crippen LogP contribution in [0.2, 0.25) is 0 Å². The fourth-order valence-electron chi connectivity index (χ4n) is 7.05. The van der Waals surface area contributed by atoms with Crippen molar-refractivity contribution in [2.75, 3.05) is 42.7 Å². The molecule has 4 atom stereocenters. The molecule has 4 aromatic rings. The smallest absolute Gasteiger partial charge is 0.137 e. The minimum atomic E-state index is -0.675. The summed E-state index contributed by atoms with van der Waals surface area (Å²) in [5.74, 6) is 4.00. The van der Waals surface area contributed by atoms with Gasteiger partial charge in [-0.15, -0.1) is 0 Å². The minimum absolute atomic E-state index is 0.0848. The molecule has 0 saturated heterocycles. The molecule has 0 spiro atoms. The van der Waals surface area contributed by atoms with Crippen molar-refractivity contribution in [3.63, 3.8) is 0 Å². The van der Waals surface area contributed by atoms with E-state index < -0.39 is 4.32 Å². The molecule has 4 aromatic carbocycles. The van der Waals surface area contributed by atoms with E-state index in [9.17, 15) is 0 Å². The molecule has 2 bridgehead atoms. The molecule has 0 N–H and O–H groups in total. The SMILES string of the molecule is COc1ccc(C2c3c(OC)cc(OC)c(Br)c3C3c4c(OC)cc(OC)c(Br)c4C2(Br)C3c2ccc(OC)cc2)cc1. The van der Waals surface area contributed by atoms with E-state index in [-0.39, 0.29) is 17.8 Å². The van der Waals surface area contributed by atoms with Gasteiger partial charge in [0.05, 0.1) is 55.9 Å². The summed E-state index contributed by atoms with van der Waals surface area (Å²) >= 11 is 12.4. The van der Waals surface area contributed by atoms with Crippen molar-refractivity contribution < 1.29 is 28.4 Å². The van der Waals surface area contributed by atoms with Crippen molar-refractivity contribution in [3.8, 4) is 34.5 Å². The monoisotopic (exact) mass is 772 g/mol. The standard InChI is InChI=1S/C34H31Br3O6/c1-38-19-11-7-17(8-12-19)29-26-22(41-4)15-23(42-5)32(35)28(26)27-25-21(40-3)16-24(43-6)33(36)31(25)34(29,37)30(27)18-9-13-20(39-2)14-10-18/h7-16,27,29-30H,1-6H3. The van der Waals surface area contributed by atoms with Crippen LogP contribution in [0.5, 0.6) is 34.5 Å². The molecule has 6 rings (SSSR count). The predicted octanol–water partition coefficient (Wildman–Crippen LogP) is 8.93. The van der Waals surface area contributed by atoms with Gasteiger partial charge in [0, 0.05) is 41.0 Å². The van der Waals surface area contributed by atoms with Crippen LogP contribution in [-0.2, 0) is 4.32 Å². The summed E-state index contributed by atoms with van der Waals surface area (Å²) in [7, 11) is 10.1. The molecule has 6 nitrogen and oxygen atoms in total. The van der Waals surface area contributed by atoms with Crippen LogP contribution in [0.1, 0.15) is 51.1 Å². The van der Waals surface area contributed by atoms with Gasteiger partial charge in [-0.3, -0.25) is 0 Å². The molecule has 4 unspecified atom stereocenters. The van der Waals surface area contributed by atoms with E-state index in [0.29, 0.717) is 11.5 Å². The molecule has 0 fully saturated rings. The maximum Gasteiger partial charge on any atom is 0.137 e. The molecular formula is C34H31Br3O6. The highest BCUT2D eigenvalue weighted by Gasteiger charge is 2.64. The molecule has 0 amide bonds. The van der Waals surface area contributed by atoms with Crippen LogP contribution in [0.15, 0.2) is 69.6 Å². The first-order valence-electron chi connectivity index (χ1n) is 13.6. The average molecular weight is 775 g/mol. The first kappa shape index (κ1) is 30.2. The molecule has 224 valence electrons. The zero-order chi connectivity index (χ0) is 30.6. The Morgan fingerprint density at radius 1 is 0.535 bits per heavy atom. The van der Waals surface area contributed by atoms with E-state index in [4.69, 9.17) is 28.4 Å². The average Bonchev–Trinajstić information content (AvgIpc) is 3.25. The Bertz CT molecular complexity index is 1690. The number of fused-ring (bicyclic) bond motifs is 7. The van der Waals surface area contributed by atoms with Gasteiger partial charge < -0.3 is 28.4 Å². The van der Waals surface area contributed by atoms with Gasteiger partial charge in [-0.1, -0.05) is 40.2 Å². The zero-order valence-electron chi connectivity index (χ0n) is 24.6. The summed E-state index contributed by atoms with van der Waals surface area (Å²) < 4.78 is 36.2. The van der Waals surface area contributed by atoms with Crippen LogP contribution in [0.3, 0.4) is 0 Å². The highest BCUT2D eigenvalue weighted by Crippen LogP contribution is 2.76. The number of benzene rings is 4. The van der Waals surface area contributed by atoms with Gasteiger partial charge in [-0.25, -0.2) is 0 Å². The predicted molar refractivity (Wildman–Crippen MR) is 178 cm³/mol. The van der Waals surface area contributed by atoms with Crippen molar-refractivity contribution in [1.29, 1.82) is 0 Å². The lowest BCUT2D eigenvalue weighted by Crippen LogP contribution is -2.38.